The van der Waals surface area contributed by atoms with Crippen molar-refractivity contribution in [3.63, 3.8) is 0 Å². The summed E-state index contributed by atoms with van der Waals surface area (Å²) < 4.78 is 40.0. The van der Waals surface area contributed by atoms with E-state index in [9.17, 15) is 8.42 Å². The fourth-order valence-electron chi connectivity index (χ4n) is 3.52. The van der Waals surface area contributed by atoms with Crippen molar-refractivity contribution in [1.29, 1.82) is 0 Å². The van der Waals surface area contributed by atoms with Crippen molar-refractivity contribution in [3.8, 4) is 0 Å². The van der Waals surface area contributed by atoms with Gasteiger partial charge in [0.1, 0.15) is 0 Å². The van der Waals surface area contributed by atoms with Gasteiger partial charge >= 0.3 is 0 Å². The number of aryl methyl sites for hydroxylation is 1. The molecule has 0 aliphatic rings. The Labute approximate surface area is 197 Å². The molecule has 0 atom stereocenters. The second kappa shape index (κ2) is 19.5. The Morgan fingerprint density at radius 3 is 1.56 bits per heavy atom. The lowest BCUT2D eigenvalue weighted by atomic mass is 10.0. The van der Waals surface area contributed by atoms with Crippen LogP contribution in [0.4, 0.5) is 0 Å². The molecule has 0 amide bonds. The molecule has 0 N–H and O–H groups in total. The normalized spacial score (nSPS) is 11.8. The van der Waals surface area contributed by atoms with Crippen LogP contribution in [0.15, 0.2) is 29.2 Å². The summed E-state index contributed by atoms with van der Waals surface area (Å²) in [4.78, 5) is 0.171. The quantitative estimate of drug-likeness (QED) is 0.137. The average molecular weight is 471 g/mol. The van der Waals surface area contributed by atoms with Crippen molar-refractivity contribution in [2.45, 2.75) is 102 Å². The number of rotatable bonds is 22. The Hall–Kier alpha value is -0.950. The van der Waals surface area contributed by atoms with Crippen LogP contribution in [0.25, 0.3) is 0 Å². The van der Waals surface area contributed by atoms with Crippen LogP contribution in [0.5, 0.6) is 0 Å². The fraction of sp³-hybridized carbons (Fsp3) is 0.769. The van der Waals surface area contributed by atoms with Crippen LogP contribution in [-0.4, -0.2) is 41.5 Å². The largest absolute Gasteiger partial charge is 0.379 e. The van der Waals surface area contributed by atoms with Crippen molar-refractivity contribution in [3.05, 3.63) is 29.8 Å². The lowest BCUT2D eigenvalue weighted by molar-refractivity contribution is 0.0359. The predicted octanol–water partition coefficient (Wildman–Crippen LogP) is 6.82. The minimum atomic E-state index is -3.71. The molecule has 0 bridgehead atoms. The van der Waals surface area contributed by atoms with E-state index in [-0.39, 0.29) is 18.1 Å². The zero-order valence-electron chi connectivity index (χ0n) is 20.5. The molecule has 0 aliphatic carbocycles. The predicted molar refractivity (Wildman–Crippen MR) is 132 cm³/mol. The summed E-state index contributed by atoms with van der Waals surface area (Å²) in [5.41, 5.74) is 1.01. The molecule has 1 aromatic carbocycles. The van der Waals surface area contributed by atoms with Gasteiger partial charge in [-0.25, -0.2) is 0 Å². The minimum Gasteiger partial charge on any atom is -0.379 e. The van der Waals surface area contributed by atoms with E-state index in [1.807, 2.05) is 6.92 Å². The van der Waals surface area contributed by atoms with Crippen LogP contribution in [-0.2, 0) is 23.8 Å². The van der Waals surface area contributed by atoms with Crippen LogP contribution in [0.2, 0.25) is 0 Å². The van der Waals surface area contributed by atoms with Gasteiger partial charge in [-0.15, -0.1) is 0 Å². The first-order chi connectivity index (χ1) is 15.6. The molecule has 0 radical (unpaired) electrons. The Kier molecular flexibility index (Phi) is 17.7. The summed E-state index contributed by atoms with van der Waals surface area (Å²) in [5, 5.41) is 0. The lowest BCUT2D eigenvalue weighted by Gasteiger charge is -2.08. The second-order valence-corrected chi connectivity index (χ2v) is 10.2. The van der Waals surface area contributed by atoms with Crippen LogP contribution in [0.3, 0.4) is 0 Å². The summed E-state index contributed by atoms with van der Waals surface area (Å²) in [6, 6.07) is 6.61. The minimum absolute atomic E-state index is 0.00899. The highest BCUT2D eigenvalue weighted by molar-refractivity contribution is 7.86. The van der Waals surface area contributed by atoms with Crippen LogP contribution in [0, 0.1) is 6.92 Å². The summed E-state index contributed by atoms with van der Waals surface area (Å²) in [7, 11) is -3.71. The molecule has 0 saturated carbocycles. The van der Waals surface area contributed by atoms with Crippen LogP contribution >= 0.6 is 0 Å². The molecule has 32 heavy (non-hydrogen) atoms. The van der Waals surface area contributed by atoms with Gasteiger partial charge in [0, 0.05) is 6.61 Å². The molecule has 1 rings (SSSR count). The van der Waals surface area contributed by atoms with E-state index in [0.717, 1.165) is 18.6 Å². The fourth-order valence-corrected chi connectivity index (χ4v) is 4.41. The standard InChI is InChI=1S/C26H46O5S/c1-3-4-5-6-7-8-9-10-11-12-13-14-15-20-29-21-22-30-23-24-31-32(27,28)26-18-16-25(2)17-19-26/h16-19H,3-15,20-24H2,1-2H3. The zero-order valence-corrected chi connectivity index (χ0v) is 21.3. The Morgan fingerprint density at radius 2 is 1.03 bits per heavy atom. The van der Waals surface area contributed by atoms with E-state index < -0.39 is 10.1 Å². The molecular weight excluding hydrogens is 424 g/mol. The van der Waals surface area contributed by atoms with Crippen LogP contribution in [0.1, 0.15) is 96.0 Å². The van der Waals surface area contributed by atoms with Gasteiger partial charge in [-0.2, -0.15) is 8.42 Å². The van der Waals surface area contributed by atoms with Crippen molar-refractivity contribution >= 4 is 10.1 Å². The molecule has 0 heterocycles. The molecule has 1 aromatic rings. The highest BCUT2D eigenvalue weighted by atomic mass is 32.2. The van der Waals surface area contributed by atoms with E-state index in [1.165, 1.54) is 77.0 Å². The Balaban J connectivity index is 1.80. The third-order valence-electron chi connectivity index (χ3n) is 5.54. The van der Waals surface area contributed by atoms with Gasteiger partial charge in [-0.05, 0) is 25.5 Å². The molecule has 0 aromatic heterocycles. The molecule has 0 fully saturated rings. The summed E-state index contributed by atoms with van der Waals surface area (Å²) in [6.07, 6.45) is 17.5. The SMILES string of the molecule is CCCCCCCCCCCCCCCOCCOCCOS(=O)(=O)c1ccc(C)cc1. The highest BCUT2D eigenvalue weighted by Gasteiger charge is 2.14. The van der Waals surface area contributed by atoms with Gasteiger partial charge in [-0.3, -0.25) is 4.18 Å². The molecule has 186 valence electrons. The number of hydrogen-bond donors (Lipinski definition) is 0. The first kappa shape index (κ1) is 29.1. The van der Waals surface area contributed by atoms with E-state index in [0.29, 0.717) is 13.2 Å². The molecule has 0 aliphatic heterocycles. The second-order valence-electron chi connectivity index (χ2n) is 8.56. The first-order valence-corrected chi connectivity index (χ1v) is 14.1. The molecule has 0 saturated heterocycles. The van der Waals surface area contributed by atoms with Gasteiger partial charge < -0.3 is 9.47 Å². The van der Waals surface area contributed by atoms with E-state index in [1.54, 1.807) is 24.3 Å². The molecule has 0 unspecified atom stereocenters. The third kappa shape index (κ3) is 15.8. The van der Waals surface area contributed by atoms with E-state index in [2.05, 4.69) is 6.92 Å². The maximum atomic E-state index is 12.0. The lowest BCUT2D eigenvalue weighted by Crippen LogP contribution is -2.13. The zero-order chi connectivity index (χ0) is 23.3. The highest BCUT2D eigenvalue weighted by Crippen LogP contribution is 2.13. The maximum absolute atomic E-state index is 12.0. The average Bonchev–Trinajstić information content (AvgIpc) is 2.78. The van der Waals surface area contributed by atoms with Gasteiger partial charge in [0.25, 0.3) is 10.1 Å². The molecule has 5 nitrogen and oxygen atoms in total. The number of unbranched alkanes of at least 4 members (excludes halogenated alkanes) is 12. The molecular formula is C26H46O5S. The third-order valence-corrected chi connectivity index (χ3v) is 6.87. The maximum Gasteiger partial charge on any atom is 0.297 e. The summed E-state index contributed by atoms with van der Waals surface area (Å²) in [6.45, 7) is 6.16. The number of ether oxygens (including phenoxy) is 2. The van der Waals surface area contributed by atoms with E-state index in [4.69, 9.17) is 13.7 Å². The number of hydrogen-bond acceptors (Lipinski definition) is 5. The monoisotopic (exact) mass is 470 g/mol. The number of benzene rings is 1. The topological polar surface area (TPSA) is 61.8 Å². The molecule has 6 heteroatoms. The van der Waals surface area contributed by atoms with Gasteiger partial charge in [0.2, 0.25) is 0 Å². The molecule has 0 spiro atoms. The van der Waals surface area contributed by atoms with Crippen molar-refractivity contribution < 1.29 is 22.1 Å². The summed E-state index contributed by atoms with van der Waals surface area (Å²) in [5.74, 6) is 0. The van der Waals surface area contributed by atoms with Gasteiger partial charge in [0.15, 0.2) is 0 Å². The van der Waals surface area contributed by atoms with Crippen molar-refractivity contribution in [1.82, 2.24) is 0 Å². The van der Waals surface area contributed by atoms with Gasteiger partial charge in [0.05, 0.1) is 31.3 Å². The van der Waals surface area contributed by atoms with Crippen molar-refractivity contribution in [2.75, 3.05) is 33.0 Å². The van der Waals surface area contributed by atoms with Gasteiger partial charge in [-0.1, -0.05) is 102 Å². The first-order valence-electron chi connectivity index (χ1n) is 12.7. The van der Waals surface area contributed by atoms with E-state index >= 15 is 0 Å². The van der Waals surface area contributed by atoms with Crippen molar-refractivity contribution in [2.24, 2.45) is 0 Å². The Bertz CT molecular complexity index is 643. The summed E-state index contributed by atoms with van der Waals surface area (Å²) >= 11 is 0. The Morgan fingerprint density at radius 1 is 0.594 bits per heavy atom. The van der Waals surface area contributed by atoms with Crippen LogP contribution < -0.4 is 0 Å². The smallest absolute Gasteiger partial charge is 0.297 e.